The molecule has 2 aromatic rings. The Kier molecular flexibility index (Phi) is 3.86. The molecule has 0 unspecified atom stereocenters. The zero-order chi connectivity index (χ0) is 13.9. The van der Waals surface area contributed by atoms with Crippen LogP contribution < -0.4 is 5.73 Å². The first kappa shape index (κ1) is 13.4. The summed E-state index contributed by atoms with van der Waals surface area (Å²) in [5, 5.41) is 8.93. The summed E-state index contributed by atoms with van der Waals surface area (Å²) in [6, 6.07) is 5.60. The molecule has 6 nitrogen and oxygen atoms in total. The Hall–Kier alpha value is -1.63. The molecule has 6 heteroatoms. The smallest absolute Gasteiger partial charge is 0.209 e. The van der Waals surface area contributed by atoms with Crippen LogP contribution in [0, 0.1) is 0 Å². The van der Waals surface area contributed by atoms with Gasteiger partial charge < -0.3 is 15.3 Å². The predicted molar refractivity (Wildman–Crippen MR) is 77.2 cm³/mol. The number of anilines is 1. The average Bonchev–Trinajstić information content (AvgIpc) is 2.85. The van der Waals surface area contributed by atoms with Gasteiger partial charge in [-0.3, -0.25) is 9.80 Å². The van der Waals surface area contributed by atoms with E-state index in [1.54, 1.807) is 0 Å². The van der Waals surface area contributed by atoms with Gasteiger partial charge in [-0.15, -0.1) is 0 Å². The van der Waals surface area contributed by atoms with E-state index in [0.29, 0.717) is 18.1 Å². The molecule has 1 aliphatic rings. The lowest BCUT2D eigenvalue weighted by Crippen LogP contribution is -2.46. The van der Waals surface area contributed by atoms with E-state index in [1.807, 2.05) is 18.2 Å². The summed E-state index contributed by atoms with van der Waals surface area (Å²) in [6.45, 7) is 5.58. The van der Waals surface area contributed by atoms with Crippen molar-refractivity contribution in [1.29, 1.82) is 0 Å². The van der Waals surface area contributed by atoms with E-state index >= 15 is 0 Å². The second kappa shape index (κ2) is 5.78. The SMILES string of the molecule is Nc1cccc2oc(CN3CCN(CCO)CC3)nc12. The maximum atomic E-state index is 8.93. The van der Waals surface area contributed by atoms with Crippen LogP contribution in [-0.2, 0) is 6.54 Å². The Morgan fingerprint density at radius 2 is 1.95 bits per heavy atom. The van der Waals surface area contributed by atoms with E-state index in [0.717, 1.165) is 43.8 Å². The molecule has 1 aliphatic heterocycles. The second-order valence-corrected chi connectivity index (χ2v) is 5.14. The molecule has 0 spiro atoms. The topological polar surface area (TPSA) is 78.8 Å². The summed E-state index contributed by atoms with van der Waals surface area (Å²) in [4.78, 5) is 9.05. The minimum atomic E-state index is 0.227. The van der Waals surface area contributed by atoms with Crippen molar-refractivity contribution in [2.45, 2.75) is 6.54 Å². The van der Waals surface area contributed by atoms with Gasteiger partial charge in [0.25, 0.3) is 0 Å². The van der Waals surface area contributed by atoms with Crippen molar-refractivity contribution in [2.75, 3.05) is 45.1 Å². The number of para-hydroxylation sites is 1. The first-order valence-corrected chi connectivity index (χ1v) is 6.96. The van der Waals surface area contributed by atoms with Gasteiger partial charge in [-0.25, -0.2) is 4.98 Å². The molecule has 1 fully saturated rings. The summed E-state index contributed by atoms with van der Waals surface area (Å²) >= 11 is 0. The molecular formula is C14H20N4O2. The van der Waals surface area contributed by atoms with Crippen LogP contribution in [0.25, 0.3) is 11.1 Å². The number of nitrogen functional groups attached to an aromatic ring is 1. The minimum Gasteiger partial charge on any atom is -0.439 e. The maximum Gasteiger partial charge on any atom is 0.209 e. The molecule has 2 heterocycles. The molecule has 0 amide bonds. The lowest BCUT2D eigenvalue weighted by Gasteiger charge is -2.33. The summed E-state index contributed by atoms with van der Waals surface area (Å²) in [6.07, 6.45) is 0. The zero-order valence-electron chi connectivity index (χ0n) is 11.5. The van der Waals surface area contributed by atoms with Crippen molar-refractivity contribution in [3.63, 3.8) is 0 Å². The second-order valence-electron chi connectivity index (χ2n) is 5.14. The fourth-order valence-corrected chi connectivity index (χ4v) is 2.59. The standard InChI is InChI=1S/C14H20N4O2/c15-11-2-1-3-12-14(11)16-13(20-12)10-18-6-4-17(5-7-18)8-9-19/h1-3,19H,4-10,15H2. The summed E-state index contributed by atoms with van der Waals surface area (Å²) in [5.74, 6) is 0.716. The van der Waals surface area contributed by atoms with Gasteiger partial charge in [0, 0.05) is 32.7 Å². The number of β-amino-alcohol motifs (C(OH)–C–C–N with tert-alkyl or cyclic N) is 1. The predicted octanol–water partition coefficient (Wildman–Crippen LogP) is 0.520. The molecule has 3 rings (SSSR count). The molecule has 1 aromatic carbocycles. The number of benzene rings is 1. The number of hydrogen-bond donors (Lipinski definition) is 2. The third-order valence-electron chi connectivity index (χ3n) is 3.73. The van der Waals surface area contributed by atoms with Crippen LogP contribution in [0.3, 0.4) is 0 Å². The Morgan fingerprint density at radius 1 is 1.20 bits per heavy atom. The molecule has 0 aliphatic carbocycles. The van der Waals surface area contributed by atoms with Gasteiger partial charge in [0.1, 0.15) is 5.52 Å². The fraction of sp³-hybridized carbons (Fsp3) is 0.500. The molecule has 0 saturated carbocycles. The largest absolute Gasteiger partial charge is 0.439 e. The third-order valence-corrected chi connectivity index (χ3v) is 3.73. The number of aromatic nitrogens is 1. The van der Waals surface area contributed by atoms with E-state index in [2.05, 4.69) is 14.8 Å². The van der Waals surface area contributed by atoms with Crippen molar-refractivity contribution < 1.29 is 9.52 Å². The van der Waals surface area contributed by atoms with Crippen molar-refractivity contribution in [2.24, 2.45) is 0 Å². The highest BCUT2D eigenvalue weighted by Gasteiger charge is 2.18. The quantitative estimate of drug-likeness (QED) is 0.793. The maximum absolute atomic E-state index is 8.93. The lowest BCUT2D eigenvalue weighted by molar-refractivity contribution is 0.103. The van der Waals surface area contributed by atoms with Crippen molar-refractivity contribution in [1.82, 2.24) is 14.8 Å². The van der Waals surface area contributed by atoms with E-state index in [4.69, 9.17) is 15.3 Å². The Balaban J connectivity index is 1.64. The van der Waals surface area contributed by atoms with Crippen LogP contribution in [-0.4, -0.2) is 59.2 Å². The summed E-state index contributed by atoms with van der Waals surface area (Å²) in [5.41, 5.74) is 8.05. The molecule has 0 atom stereocenters. The van der Waals surface area contributed by atoms with Gasteiger partial charge in [0.05, 0.1) is 18.8 Å². The Morgan fingerprint density at radius 3 is 2.65 bits per heavy atom. The molecule has 0 radical (unpaired) electrons. The molecule has 0 bridgehead atoms. The number of fused-ring (bicyclic) bond motifs is 1. The van der Waals surface area contributed by atoms with Crippen molar-refractivity contribution in [3.8, 4) is 0 Å². The van der Waals surface area contributed by atoms with Crippen LogP contribution >= 0.6 is 0 Å². The van der Waals surface area contributed by atoms with Crippen molar-refractivity contribution in [3.05, 3.63) is 24.1 Å². The monoisotopic (exact) mass is 276 g/mol. The van der Waals surface area contributed by atoms with Gasteiger partial charge in [0.2, 0.25) is 5.89 Å². The van der Waals surface area contributed by atoms with Crippen LogP contribution in [0.5, 0.6) is 0 Å². The first-order valence-electron chi connectivity index (χ1n) is 6.96. The number of hydrogen-bond acceptors (Lipinski definition) is 6. The van der Waals surface area contributed by atoms with Crippen LogP contribution in [0.15, 0.2) is 22.6 Å². The molecule has 3 N–H and O–H groups in total. The third kappa shape index (κ3) is 2.77. The highest BCUT2D eigenvalue weighted by atomic mass is 16.3. The molecule has 1 saturated heterocycles. The van der Waals surface area contributed by atoms with Crippen LogP contribution in [0.2, 0.25) is 0 Å². The lowest BCUT2D eigenvalue weighted by atomic mass is 10.3. The first-order chi connectivity index (χ1) is 9.76. The number of aliphatic hydroxyl groups is 1. The highest BCUT2D eigenvalue weighted by Crippen LogP contribution is 2.22. The Bertz CT molecular complexity index is 576. The number of oxazole rings is 1. The van der Waals surface area contributed by atoms with E-state index < -0.39 is 0 Å². The number of piperazine rings is 1. The molecule has 1 aromatic heterocycles. The molecular weight excluding hydrogens is 256 g/mol. The zero-order valence-corrected chi connectivity index (χ0v) is 11.5. The normalized spacial score (nSPS) is 17.9. The molecule has 20 heavy (non-hydrogen) atoms. The highest BCUT2D eigenvalue weighted by molar-refractivity contribution is 5.85. The van der Waals surface area contributed by atoms with Crippen LogP contribution in [0.1, 0.15) is 5.89 Å². The average molecular weight is 276 g/mol. The van der Waals surface area contributed by atoms with Gasteiger partial charge in [-0.05, 0) is 12.1 Å². The Labute approximate surface area is 117 Å². The van der Waals surface area contributed by atoms with E-state index in [1.165, 1.54) is 0 Å². The van der Waals surface area contributed by atoms with Crippen LogP contribution in [0.4, 0.5) is 5.69 Å². The summed E-state index contributed by atoms with van der Waals surface area (Å²) in [7, 11) is 0. The van der Waals surface area contributed by atoms with Gasteiger partial charge >= 0.3 is 0 Å². The van der Waals surface area contributed by atoms with Gasteiger partial charge in [-0.2, -0.15) is 0 Å². The van der Waals surface area contributed by atoms with E-state index in [9.17, 15) is 0 Å². The summed E-state index contributed by atoms with van der Waals surface area (Å²) < 4.78 is 5.74. The van der Waals surface area contributed by atoms with E-state index in [-0.39, 0.29) is 6.61 Å². The molecule has 108 valence electrons. The van der Waals surface area contributed by atoms with Gasteiger partial charge in [0.15, 0.2) is 5.58 Å². The number of nitrogens with zero attached hydrogens (tertiary/aromatic N) is 3. The minimum absolute atomic E-state index is 0.227. The van der Waals surface area contributed by atoms with Crippen molar-refractivity contribution >= 4 is 16.8 Å². The van der Waals surface area contributed by atoms with Gasteiger partial charge in [-0.1, -0.05) is 6.07 Å². The number of aliphatic hydroxyl groups excluding tert-OH is 1. The fourth-order valence-electron chi connectivity index (χ4n) is 2.59. The number of nitrogens with two attached hydrogens (primary N) is 1. The number of rotatable bonds is 4.